The number of ether oxygens (including phenoxy) is 2. The molecule has 0 aliphatic carbocycles. The predicted molar refractivity (Wildman–Crippen MR) is 118 cm³/mol. The van der Waals surface area contributed by atoms with E-state index in [2.05, 4.69) is 15.3 Å². The second kappa shape index (κ2) is 8.68. The summed E-state index contributed by atoms with van der Waals surface area (Å²) in [7, 11) is 0. The molecule has 1 unspecified atom stereocenters. The second-order valence-corrected chi connectivity index (χ2v) is 8.50. The minimum atomic E-state index is -0.317. The van der Waals surface area contributed by atoms with Gasteiger partial charge in [-0.15, -0.1) is 10.2 Å². The largest absolute Gasteiger partial charge is 0.490 e. The van der Waals surface area contributed by atoms with Crippen molar-refractivity contribution in [1.82, 2.24) is 29.6 Å². The lowest BCUT2D eigenvalue weighted by Crippen LogP contribution is -2.47. The van der Waals surface area contributed by atoms with E-state index in [4.69, 9.17) is 9.47 Å². The fraction of sp³-hybridized carbons (Fsp3) is 0.435. The molecule has 1 atom stereocenters. The van der Waals surface area contributed by atoms with E-state index in [1.165, 1.54) is 0 Å². The van der Waals surface area contributed by atoms with Crippen molar-refractivity contribution >= 4 is 17.6 Å². The number of fused-ring (bicyclic) bond motifs is 1. The number of amides is 2. The number of carbonyl (C=O) groups is 2. The lowest BCUT2D eigenvalue weighted by molar-refractivity contribution is 0.0649. The minimum absolute atomic E-state index is 0.0340. The van der Waals surface area contributed by atoms with Gasteiger partial charge in [0.1, 0.15) is 12.4 Å². The van der Waals surface area contributed by atoms with Crippen LogP contribution in [0.2, 0.25) is 0 Å². The number of aromatic nitrogens is 4. The maximum atomic E-state index is 13.1. The number of aryl methyl sites for hydroxylation is 2. The van der Waals surface area contributed by atoms with Crippen molar-refractivity contribution in [1.29, 1.82) is 0 Å². The third kappa shape index (κ3) is 4.20. The normalized spacial score (nSPS) is 19.2. The molecule has 2 amide bonds. The first-order valence-electron chi connectivity index (χ1n) is 11.1. The van der Waals surface area contributed by atoms with Crippen molar-refractivity contribution in [3.63, 3.8) is 0 Å². The average Bonchev–Trinajstić information content (AvgIpc) is 3.40. The third-order valence-electron chi connectivity index (χ3n) is 6.20. The highest BCUT2D eigenvalue weighted by atomic mass is 16.6. The van der Waals surface area contributed by atoms with E-state index in [0.717, 1.165) is 11.4 Å². The van der Waals surface area contributed by atoms with Crippen molar-refractivity contribution in [2.45, 2.75) is 38.8 Å². The van der Waals surface area contributed by atoms with E-state index in [1.54, 1.807) is 14.3 Å². The van der Waals surface area contributed by atoms with Gasteiger partial charge in [-0.25, -0.2) is 9.31 Å². The Labute approximate surface area is 191 Å². The third-order valence-corrected chi connectivity index (χ3v) is 6.20. The first kappa shape index (κ1) is 21.2. The molecular formula is C23H26N6O4. The molecule has 3 aromatic rings. The molecule has 33 heavy (non-hydrogen) atoms. The van der Waals surface area contributed by atoms with Gasteiger partial charge in [0.15, 0.2) is 17.4 Å². The highest BCUT2D eigenvalue weighted by Gasteiger charge is 2.38. The predicted octanol–water partition coefficient (Wildman–Crippen LogP) is 2.25. The lowest BCUT2D eigenvalue weighted by atomic mass is 10.0. The van der Waals surface area contributed by atoms with Gasteiger partial charge in [0.2, 0.25) is 0 Å². The zero-order valence-electron chi connectivity index (χ0n) is 18.7. The number of rotatable bonds is 5. The minimum Gasteiger partial charge on any atom is -0.490 e. The van der Waals surface area contributed by atoms with Crippen molar-refractivity contribution in [3.8, 4) is 5.75 Å². The van der Waals surface area contributed by atoms with Gasteiger partial charge in [-0.3, -0.25) is 4.79 Å². The Kier molecular flexibility index (Phi) is 5.57. The number of hydrogen-bond donors (Lipinski definition) is 0. The van der Waals surface area contributed by atoms with Crippen LogP contribution in [0.4, 0.5) is 4.79 Å². The Morgan fingerprint density at radius 3 is 2.67 bits per heavy atom. The molecule has 5 rings (SSSR count). The lowest BCUT2D eigenvalue weighted by Gasteiger charge is -2.35. The standard InChI is InChI=1S/C23H26N6O4/c1-15-12-20-24-25-21(16(2)29(20)26-15)22(30)27-10-8-17(9-11-27)28-13-19(33-23(28)31)14-32-18-6-4-3-5-7-18/h3-7,12,17,19H,8-11,13-14H2,1-2H3. The van der Waals surface area contributed by atoms with Crippen molar-refractivity contribution < 1.29 is 19.1 Å². The summed E-state index contributed by atoms with van der Waals surface area (Å²) in [5, 5.41) is 12.7. The fourth-order valence-electron chi connectivity index (χ4n) is 4.44. The van der Waals surface area contributed by atoms with Crippen LogP contribution in [-0.4, -0.2) is 80.0 Å². The van der Waals surface area contributed by atoms with Crippen LogP contribution in [0.5, 0.6) is 5.75 Å². The van der Waals surface area contributed by atoms with Gasteiger partial charge in [0.25, 0.3) is 5.91 Å². The molecule has 2 saturated heterocycles. The van der Waals surface area contributed by atoms with Crippen LogP contribution in [0, 0.1) is 13.8 Å². The van der Waals surface area contributed by atoms with Crippen LogP contribution in [0.3, 0.4) is 0 Å². The number of piperidine rings is 1. The van der Waals surface area contributed by atoms with Crippen molar-refractivity contribution in [2.75, 3.05) is 26.2 Å². The summed E-state index contributed by atoms with van der Waals surface area (Å²) in [5.74, 6) is 0.590. The molecular weight excluding hydrogens is 424 g/mol. The number of para-hydroxylation sites is 1. The average molecular weight is 450 g/mol. The van der Waals surface area contributed by atoms with Crippen molar-refractivity contribution in [2.24, 2.45) is 0 Å². The Balaban J connectivity index is 1.17. The van der Waals surface area contributed by atoms with Gasteiger partial charge in [-0.1, -0.05) is 18.2 Å². The summed E-state index contributed by atoms with van der Waals surface area (Å²) in [6.45, 7) is 5.58. The van der Waals surface area contributed by atoms with Gasteiger partial charge in [0, 0.05) is 25.2 Å². The Bertz CT molecular complexity index is 1170. The van der Waals surface area contributed by atoms with E-state index < -0.39 is 0 Å². The highest BCUT2D eigenvalue weighted by Crippen LogP contribution is 2.24. The molecule has 0 spiro atoms. The van der Waals surface area contributed by atoms with Crippen LogP contribution < -0.4 is 4.74 Å². The second-order valence-electron chi connectivity index (χ2n) is 8.50. The molecule has 2 aliphatic heterocycles. The fourth-order valence-corrected chi connectivity index (χ4v) is 4.44. The SMILES string of the molecule is Cc1cc2nnc(C(=O)N3CCC(N4CC(COc5ccccc5)OC4=O)CC3)c(C)n2n1. The Morgan fingerprint density at radius 1 is 1.15 bits per heavy atom. The van der Waals surface area contributed by atoms with Gasteiger partial charge in [-0.2, -0.15) is 5.10 Å². The van der Waals surface area contributed by atoms with Gasteiger partial charge in [-0.05, 0) is 38.8 Å². The molecule has 2 aliphatic rings. The topological polar surface area (TPSA) is 102 Å². The van der Waals surface area contributed by atoms with E-state index in [0.29, 0.717) is 56.1 Å². The Hall–Kier alpha value is -3.69. The quantitative estimate of drug-likeness (QED) is 0.587. The van der Waals surface area contributed by atoms with E-state index in [-0.39, 0.29) is 24.1 Å². The number of benzene rings is 1. The molecule has 2 fully saturated rings. The summed E-state index contributed by atoms with van der Waals surface area (Å²) in [6, 6.07) is 11.3. The first-order chi connectivity index (χ1) is 16.0. The monoisotopic (exact) mass is 450 g/mol. The zero-order valence-corrected chi connectivity index (χ0v) is 18.7. The molecule has 2 aromatic heterocycles. The molecule has 4 heterocycles. The zero-order chi connectivity index (χ0) is 22.9. The summed E-state index contributed by atoms with van der Waals surface area (Å²) < 4.78 is 12.9. The molecule has 10 nitrogen and oxygen atoms in total. The number of likely N-dealkylation sites (tertiary alicyclic amines) is 1. The highest BCUT2D eigenvalue weighted by molar-refractivity contribution is 5.93. The van der Waals surface area contributed by atoms with Crippen LogP contribution in [0.25, 0.3) is 5.65 Å². The molecule has 1 aromatic carbocycles. The van der Waals surface area contributed by atoms with E-state index >= 15 is 0 Å². The smallest absolute Gasteiger partial charge is 0.410 e. The van der Waals surface area contributed by atoms with Gasteiger partial charge < -0.3 is 19.3 Å². The maximum absolute atomic E-state index is 13.1. The van der Waals surface area contributed by atoms with Gasteiger partial charge in [0.05, 0.1) is 17.9 Å². The maximum Gasteiger partial charge on any atom is 0.410 e. The molecule has 10 heteroatoms. The number of hydrogen-bond acceptors (Lipinski definition) is 7. The van der Waals surface area contributed by atoms with Crippen LogP contribution in [-0.2, 0) is 4.74 Å². The molecule has 0 saturated carbocycles. The van der Waals surface area contributed by atoms with E-state index in [1.807, 2.05) is 50.2 Å². The van der Waals surface area contributed by atoms with Crippen LogP contribution in [0.1, 0.15) is 34.7 Å². The summed E-state index contributed by atoms with van der Waals surface area (Å²) in [6.07, 6.45) is 0.744. The molecule has 172 valence electrons. The number of carbonyl (C=O) groups excluding carboxylic acids is 2. The Morgan fingerprint density at radius 2 is 1.91 bits per heavy atom. The summed E-state index contributed by atoms with van der Waals surface area (Å²) in [4.78, 5) is 29.1. The molecule has 0 N–H and O–H groups in total. The first-order valence-corrected chi connectivity index (χ1v) is 11.1. The molecule has 0 radical (unpaired) electrons. The van der Waals surface area contributed by atoms with Crippen molar-refractivity contribution in [3.05, 3.63) is 53.5 Å². The van der Waals surface area contributed by atoms with Crippen LogP contribution >= 0.6 is 0 Å². The molecule has 0 bridgehead atoms. The summed E-state index contributed by atoms with van der Waals surface area (Å²) in [5.41, 5.74) is 2.42. The number of cyclic esters (lactones) is 1. The summed E-state index contributed by atoms with van der Waals surface area (Å²) >= 11 is 0. The van der Waals surface area contributed by atoms with Gasteiger partial charge >= 0.3 is 6.09 Å². The van der Waals surface area contributed by atoms with E-state index in [9.17, 15) is 9.59 Å². The van der Waals surface area contributed by atoms with Crippen LogP contribution in [0.15, 0.2) is 36.4 Å². The number of nitrogens with zero attached hydrogens (tertiary/aromatic N) is 6.